The third kappa shape index (κ3) is 1.95. The van der Waals surface area contributed by atoms with Gasteiger partial charge in [-0.2, -0.15) is 0 Å². The molecule has 1 N–H and O–H groups in total. The van der Waals surface area contributed by atoms with Crippen molar-refractivity contribution in [1.82, 2.24) is 4.90 Å². The van der Waals surface area contributed by atoms with Gasteiger partial charge < -0.3 is 14.6 Å². The van der Waals surface area contributed by atoms with Crippen LogP contribution in [0.3, 0.4) is 0 Å². The lowest BCUT2D eigenvalue weighted by molar-refractivity contribution is -0.145. The molecule has 0 unspecified atom stereocenters. The smallest absolute Gasteiger partial charge is 0.410 e. The lowest BCUT2D eigenvalue weighted by Crippen LogP contribution is -2.41. The number of methoxy groups -OCH3 is 2. The Kier molecular flexibility index (Phi) is 3.29. The summed E-state index contributed by atoms with van der Waals surface area (Å²) < 4.78 is 8.98. The highest BCUT2D eigenvalue weighted by Gasteiger charge is 2.40. The molecule has 1 heterocycles. The molecule has 0 radical (unpaired) electrons. The van der Waals surface area contributed by atoms with E-state index >= 15 is 0 Å². The van der Waals surface area contributed by atoms with Gasteiger partial charge >= 0.3 is 12.1 Å². The molecule has 1 rings (SSSR count). The number of β-amino-alcohol motifs (C(OH)–C–C–N with tert-alkyl or cyclic N) is 1. The standard InChI is InChI=1S/C8H13NO5/c1-13-7(11)6-3-5(10)4-9(6)8(12)14-2/h5-6,10H,3-4H2,1-2H3/t5-,6+/m0/s1. The molecule has 0 aliphatic carbocycles. The van der Waals surface area contributed by atoms with Crippen LogP contribution >= 0.6 is 0 Å². The Labute approximate surface area is 81.4 Å². The Hall–Kier alpha value is -1.30. The molecule has 6 heteroatoms. The summed E-state index contributed by atoms with van der Waals surface area (Å²) in [5, 5.41) is 9.30. The van der Waals surface area contributed by atoms with E-state index in [1.54, 1.807) is 0 Å². The third-order valence-electron chi connectivity index (χ3n) is 2.16. The molecule has 0 saturated carbocycles. The number of likely N-dealkylation sites (tertiary alicyclic amines) is 1. The molecule has 0 aromatic heterocycles. The van der Waals surface area contributed by atoms with Gasteiger partial charge in [0.2, 0.25) is 0 Å². The van der Waals surface area contributed by atoms with Crippen molar-refractivity contribution < 1.29 is 24.2 Å². The highest BCUT2D eigenvalue weighted by Crippen LogP contribution is 2.19. The number of rotatable bonds is 1. The van der Waals surface area contributed by atoms with Crippen LogP contribution in [0.15, 0.2) is 0 Å². The summed E-state index contributed by atoms with van der Waals surface area (Å²) in [6.07, 6.45) is -1.13. The van der Waals surface area contributed by atoms with Gasteiger partial charge in [-0.15, -0.1) is 0 Å². The van der Waals surface area contributed by atoms with Crippen molar-refractivity contribution in [2.45, 2.75) is 18.6 Å². The van der Waals surface area contributed by atoms with E-state index in [1.165, 1.54) is 14.2 Å². The maximum absolute atomic E-state index is 11.2. The molecule has 1 aliphatic heterocycles. The Bertz CT molecular complexity index is 218. The van der Waals surface area contributed by atoms with Crippen molar-refractivity contribution in [1.29, 1.82) is 0 Å². The number of hydrogen-bond acceptors (Lipinski definition) is 5. The van der Waals surface area contributed by atoms with Crippen LogP contribution < -0.4 is 0 Å². The van der Waals surface area contributed by atoms with Crippen molar-refractivity contribution in [2.75, 3.05) is 20.8 Å². The number of amides is 1. The van der Waals surface area contributed by atoms with Crippen LogP contribution in [0.2, 0.25) is 0 Å². The van der Waals surface area contributed by atoms with Crippen LogP contribution in [0.1, 0.15) is 6.42 Å². The van der Waals surface area contributed by atoms with E-state index in [0.717, 1.165) is 4.90 Å². The van der Waals surface area contributed by atoms with Crippen molar-refractivity contribution in [3.05, 3.63) is 0 Å². The maximum Gasteiger partial charge on any atom is 0.410 e. The van der Waals surface area contributed by atoms with E-state index in [9.17, 15) is 14.7 Å². The second-order valence-electron chi connectivity index (χ2n) is 3.05. The van der Waals surface area contributed by atoms with E-state index in [4.69, 9.17) is 0 Å². The average Bonchev–Trinajstić information content (AvgIpc) is 2.58. The molecule has 1 aliphatic rings. The van der Waals surface area contributed by atoms with Crippen LogP contribution in [-0.4, -0.2) is 55.0 Å². The Morgan fingerprint density at radius 1 is 1.36 bits per heavy atom. The molecule has 6 nitrogen and oxygen atoms in total. The average molecular weight is 203 g/mol. The number of carbonyl (C=O) groups excluding carboxylic acids is 2. The Morgan fingerprint density at radius 2 is 2.00 bits per heavy atom. The Morgan fingerprint density at radius 3 is 2.50 bits per heavy atom. The molecule has 1 fully saturated rings. The molecule has 0 bridgehead atoms. The first-order valence-corrected chi connectivity index (χ1v) is 4.20. The van der Waals surface area contributed by atoms with Gasteiger partial charge in [0.1, 0.15) is 6.04 Å². The highest BCUT2D eigenvalue weighted by atomic mass is 16.5. The van der Waals surface area contributed by atoms with Crippen LogP contribution in [0.5, 0.6) is 0 Å². The molecule has 14 heavy (non-hydrogen) atoms. The summed E-state index contributed by atoms with van der Waals surface area (Å²) in [6, 6.07) is -0.734. The first-order valence-electron chi connectivity index (χ1n) is 4.20. The zero-order chi connectivity index (χ0) is 10.7. The van der Waals surface area contributed by atoms with Gasteiger partial charge in [0.05, 0.1) is 26.9 Å². The molecular formula is C8H13NO5. The number of aliphatic hydroxyl groups is 1. The number of hydrogen-bond donors (Lipinski definition) is 1. The summed E-state index contributed by atoms with van der Waals surface area (Å²) in [5.41, 5.74) is 0. The summed E-state index contributed by atoms with van der Waals surface area (Å²) in [6.45, 7) is 0.104. The molecule has 1 saturated heterocycles. The number of aliphatic hydroxyl groups excluding tert-OH is 1. The van der Waals surface area contributed by atoms with Gasteiger partial charge in [-0.3, -0.25) is 4.90 Å². The zero-order valence-corrected chi connectivity index (χ0v) is 8.10. The van der Waals surface area contributed by atoms with E-state index in [-0.39, 0.29) is 13.0 Å². The predicted octanol–water partition coefficient (Wildman–Crippen LogP) is -0.639. The van der Waals surface area contributed by atoms with Crippen LogP contribution in [0.25, 0.3) is 0 Å². The van der Waals surface area contributed by atoms with Gasteiger partial charge in [0.25, 0.3) is 0 Å². The lowest BCUT2D eigenvalue weighted by atomic mass is 10.2. The van der Waals surface area contributed by atoms with E-state index in [1.807, 2.05) is 0 Å². The van der Waals surface area contributed by atoms with Crippen molar-refractivity contribution in [2.24, 2.45) is 0 Å². The molecule has 80 valence electrons. The van der Waals surface area contributed by atoms with Gasteiger partial charge in [-0.05, 0) is 0 Å². The molecule has 0 aromatic carbocycles. The highest BCUT2D eigenvalue weighted by molar-refractivity contribution is 5.82. The fraction of sp³-hybridized carbons (Fsp3) is 0.750. The summed E-state index contributed by atoms with van der Waals surface area (Å²) in [7, 11) is 2.46. The van der Waals surface area contributed by atoms with Gasteiger partial charge in [-0.25, -0.2) is 9.59 Å². The largest absolute Gasteiger partial charge is 0.467 e. The second kappa shape index (κ2) is 4.28. The summed E-state index contributed by atoms with van der Waals surface area (Å²) in [5.74, 6) is -0.535. The number of nitrogens with zero attached hydrogens (tertiary/aromatic N) is 1. The predicted molar refractivity (Wildman–Crippen MR) is 45.5 cm³/mol. The van der Waals surface area contributed by atoms with E-state index in [0.29, 0.717) is 0 Å². The quantitative estimate of drug-likeness (QED) is 0.574. The van der Waals surface area contributed by atoms with Gasteiger partial charge in [0, 0.05) is 6.42 Å². The SMILES string of the molecule is COC(=O)[C@H]1C[C@H](O)CN1C(=O)OC. The minimum Gasteiger partial charge on any atom is -0.467 e. The van der Waals surface area contributed by atoms with Gasteiger partial charge in [-0.1, -0.05) is 0 Å². The molecule has 2 atom stereocenters. The monoisotopic (exact) mass is 203 g/mol. The van der Waals surface area contributed by atoms with Crippen molar-refractivity contribution in [3.63, 3.8) is 0 Å². The van der Waals surface area contributed by atoms with Crippen LogP contribution in [-0.2, 0) is 14.3 Å². The van der Waals surface area contributed by atoms with Crippen LogP contribution in [0.4, 0.5) is 4.79 Å². The lowest BCUT2D eigenvalue weighted by Gasteiger charge is -2.20. The van der Waals surface area contributed by atoms with E-state index in [2.05, 4.69) is 9.47 Å². The maximum atomic E-state index is 11.2. The molecule has 1 amide bonds. The zero-order valence-electron chi connectivity index (χ0n) is 8.10. The van der Waals surface area contributed by atoms with Crippen molar-refractivity contribution in [3.8, 4) is 0 Å². The summed E-state index contributed by atoms with van der Waals surface area (Å²) in [4.78, 5) is 23.5. The minimum atomic E-state index is -0.734. The number of esters is 1. The topological polar surface area (TPSA) is 76.1 Å². The number of carbonyl (C=O) groups is 2. The van der Waals surface area contributed by atoms with Crippen molar-refractivity contribution >= 4 is 12.1 Å². The van der Waals surface area contributed by atoms with Crippen LogP contribution in [0, 0.1) is 0 Å². The first kappa shape index (κ1) is 10.8. The fourth-order valence-corrected chi connectivity index (χ4v) is 1.49. The number of ether oxygens (including phenoxy) is 2. The second-order valence-corrected chi connectivity index (χ2v) is 3.05. The first-order chi connectivity index (χ1) is 6.60. The molecular weight excluding hydrogens is 190 g/mol. The Balaban J connectivity index is 2.72. The third-order valence-corrected chi connectivity index (χ3v) is 2.16. The summed E-state index contributed by atoms with van der Waals surface area (Å²) >= 11 is 0. The minimum absolute atomic E-state index is 0.104. The van der Waals surface area contributed by atoms with Gasteiger partial charge in [0.15, 0.2) is 0 Å². The normalized spacial score (nSPS) is 26.1. The molecule has 0 aromatic rings. The van der Waals surface area contributed by atoms with E-state index < -0.39 is 24.2 Å². The fourth-order valence-electron chi connectivity index (χ4n) is 1.49. The molecule has 0 spiro atoms.